The molecular weight excluding hydrogens is 264 g/mol. The summed E-state index contributed by atoms with van der Waals surface area (Å²) in [6.07, 6.45) is 2.95. The highest BCUT2D eigenvalue weighted by Gasteiger charge is 2.11. The first-order chi connectivity index (χ1) is 10.3. The molecule has 1 aromatic carbocycles. The van der Waals surface area contributed by atoms with E-state index in [-0.39, 0.29) is 0 Å². The van der Waals surface area contributed by atoms with Crippen molar-refractivity contribution in [1.82, 2.24) is 15.2 Å². The zero-order chi connectivity index (χ0) is 14.5. The van der Waals surface area contributed by atoms with Gasteiger partial charge in [-0.1, -0.05) is 6.07 Å². The number of aryl methyl sites for hydroxylation is 1. The molecule has 0 radical (unpaired) electrons. The number of fused-ring (bicyclic) bond motifs is 1. The predicted octanol–water partition coefficient (Wildman–Crippen LogP) is 1.51. The summed E-state index contributed by atoms with van der Waals surface area (Å²) in [5, 5.41) is 3.44. The highest BCUT2D eigenvalue weighted by atomic mass is 16.3. The Balaban J connectivity index is 1.70. The second-order valence-electron chi connectivity index (χ2n) is 5.68. The Morgan fingerprint density at radius 3 is 3.14 bits per heavy atom. The number of benzene rings is 1. The SMILES string of the molecule is NCCCc1nc2cc(CN3CCCNCC3)ccc2o1. The van der Waals surface area contributed by atoms with Gasteiger partial charge in [0.1, 0.15) is 5.52 Å². The Bertz CT molecular complexity index is 573. The number of nitrogens with two attached hydrogens (primary N) is 1. The van der Waals surface area contributed by atoms with E-state index in [1.165, 1.54) is 12.0 Å². The maximum Gasteiger partial charge on any atom is 0.195 e. The summed E-state index contributed by atoms with van der Waals surface area (Å²) in [6.45, 7) is 6.14. The number of rotatable bonds is 5. The van der Waals surface area contributed by atoms with Gasteiger partial charge >= 0.3 is 0 Å². The first-order valence-corrected chi connectivity index (χ1v) is 7.86. The monoisotopic (exact) mass is 288 g/mol. The molecule has 114 valence electrons. The van der Waals surface area contributed by atoms with E-state index in [0.717, 1.165) is 62.6 Å². The fraction of sp³-hybridized carbons (Fsp3) is 0.562. The van der Waals surface area contributed by atoms with Gasteiger partial charge in [-0.15, -0.1) is 0 Å². The number of nitrogens with zero attached hydrogens (tertiary/aromatic N) is 2. The summed E-state index contributed by atoms with van der Waals surface area (Å²) < 4.78 is 5.74. The van der Waals surface area contributed by atoms with Crippen molar-refractivity contribution in [3.63, 3.8) is 0 Å². The third kappa shape index (κ3) is 3.81. The topological polar surface area (TPSA) is 67.3 Å². The Kier molecular flexibility index (Phi) is 4.85. The highest BCUT2D eigenvalue weighted by Crippen LogP contribution is 2.19. The van der Waals surface area contributed by atoms with E-state index in [9.17, 15) is 0 Å². The molecule has 0 unspecified atom stereocenters. The lowest BCUT2D eigenvalue weighted by Gasteiger charge is -2.19. The molecular formula is C16H24N4O. The molecule has 1 aliphatic heterocycles. The molecule has 0 saturated carbocycles. The second kappa shape index (κ2) is 7.02. The van der Waals surface area contributed by atoms with Crippen LogP contribution >= 0.6 is 0 Å². The van der Waals surface area contributed by atoms with Crippen molar-refractivity contribution in [1.29, 1.82) is 0 Å². The third-order valence-corrected chi connectivity index (χ3v) is 3.93. The molecule has 0 bridgehead atoms. The van der Waals surface area contributed by atoms with E-state index >= 15 is 0 Å². The van der Waals surface area contributed by atoms with Crippen LogP contribution in [0, 0.1) is 0 Å². The van der Waals surface area contributed by atoms with Crippen LogP contribution in [0.3, 0.4) is 0 Å². The minimum atomic E-state index is 0.674. The van der Waals surface area contributed by atoms with Crippen LogP contribution in [0.1, 0.15) is 24.3 Å². The van der Waals surface area contributed by atoms with Crippen LogP contribution in [-0.4, -0.2) is 42.6 Å². The van der Waals surface area contributed by atoms with Gasteiger partial charge in [0, 0.05) is 26.1 Å². The minimum Gasteiger partial charge on any atom is -0.441 e. The fourth-order valence-electron chi connectivity index (χ4n) is 2.80. The van der Waals surface area contributed by atoms with E-state index in [1.54, 1.807) is 0 Å². The minimum absolute atomic E-state index is 0.674. The van der Waals surface area contributed by atoms with Crippen LogP contribution in [0.25, 0.3) is 11.1 Å². The average Bonchev–Trinajstić information content (AvgIpc) is 2.72. The third-order valence-electron chi connectivity index (χ3n) is 3.93. The largest absolute Gasteiger partial charge is 0.441 e. The van der Waals surface area contributed by atoms with Gasteiger partial charge in [-0.05, 0) is 50.2 Å². The van der Waals surface area contributed by atoms with Crippen LogP contribution in [0.15, 0.2) is 22.6 Å². The lowest BCUT2D eigenvalue weighted by molar-refractivity contribution is 0.284. The van der Waals surface area contributed by atoms with E-state index in [2.05, 4.69) is 27.3 Å². The van der Waals surface area contributed by atoms with Crippen LogP contribution in [0.4, 0.5) is 0 Å². The summed E-state index contributed by atoms with van der Waals surface area (Å²) in [4.78, 5) is 7.07. The highest BCUT2D eigenvalue weighted by molar-refractivity contribution is 5.73. The molecule has 3 N–H and O–H groups in total. The summed E-state index contributed by atoms with van der Waals surface area (Å²) in [6, 6.07) is 6.35. The van der Waals surface area contributed by atoms with Crippen molar-refractivity contribution >= 4 is 11.1 Å². The Morgan fingerprint density at radius 1 is 1.29 bits per heavy atom. The molecule has 0 atom stereocenters. The van der Waals surface area contributed by atoms with E-state index in [1.807, 2.05) is 6.07 Å². The molecule has 1 aliphatic rings. The molecule has 0 spiro atoms. The lowest BCUT2D eigenvalue weighted by Crippen LogP contribution is -2.27. The van der Waals surface area contributed by atoms with Crippen molar-refractivity contribution in [3.8, 4) is 0 Å². The molecule has 0 aliphatic carbocycles. The first-order valence-electron chi connectivity index (χ1n) is 7.86. The Labute approximate surface area is 125 Å². The van der Waals surface area contributed by atoms with Gasteiger partial charge in [0.15, 0.2) is 11.5 Å². The van der Waals surface area contributed by atoms with Crippen LogP contribution in [-0.2, 0) is 13.0 Å². The average molecular weight is 288 g/mol. The molecule has 1 saturated heterocycles. The molecule has 1 fully saturated rings. The van der Waals surface area contributed by atoms with Crippen molar-refractivity contribution in [2.75, 3.05) is 32.7 Å². The van der Waals surface area contributed by atoms with Crippen LogP contribution in [0.5, 0.6) is 0 Å². The van der Waals surface area contributed by atoms with Crippen LogP contribution in [0.2, 0.25) is 0 Å². The van der Waals surface area contributed by atoms with Gasteiger partial charge in [-0.3, -0.25) is 4.90 Å². The lowest BCUT2D eigenvalue weighted by atomic mass is 10.2. The smallest absolute Gasteiger partial charge is 0.195 e. The zero-order valence-electron chi connectivity index (χ0n) is 12.5. The van der Waals surface area contributed by atoms with Crippen molar-refractivity contribution in [3.05, 3.63) is 29.7 Å². The van der Waals surface area contributed by atoms with E-state index in [4.69, 9.17) is 10.2 Å². The molecule has 0 amide bonds. The Morgan fingerprint density at radius 2 is 2.24 bits per heavy atom. The van der Waals surface area contributed by atoms with Gasteiger partial charge in [-0.2, -0.15) is 0 Å². The first kappa shape index (κ1) is 14.5. The van der Waals surface area contributed by atoms with Crippen LogP contribution < -0.4 is 11.1 Å². The number of nitrogens with one attached hydrogen (secondary N) is 1. The van der Waals surface area contributed by atoms with Crippen molar-refractivity contribution in [2.24, 2.45) is 5.73 Å². The summed E-state index contributed by atoms with van der Waals surface area (Å²) in [5.74, 6) is 0.798. The fourth-order valence-corrected chi connectivity index (χ4v) is 2.80. The summed E-state index contributed by atoms with van der Waals surface area (Å²) in [7, 11) is 0. The van der Waals surface area contributed by atoms with E-state index in [0.29, 0.717) is 6.54 Å². The zero-order valence-corrected chi connectivity index (χ0v) is 12.5. The predicted molar refractivity (Wildman–Crippen MR) is 84.1 cm³/mol. The molecule has 1 aromatic heterocycles. The number of hydrogen-bond acceptors (Lipinski definition) is 5. The molecule has 3 rings (SSSR count). The summed E-state index contributed by atoms with van der Waals surface area (Å²) >= 11 is 0. The Hall–Kier alpha value is -1.43. The second-order valence-corrected chi connectivity index (χ2v) is 5.68. The molecule has 5 nitrogen and oxygen atoms in total. The van der Waals surface area contributed by atoms with E-state index < -0.39 is 0 Å². The number of hydrogen-bond donors (Lipinski definition) is 2. The van der Waals surface area contributed by atoms with Gasteiger partial charge in [0.2, 0.25) is 0 Å². The van der Waals surface area contributed by atoms with Gasteiger partial charge in [-0.25, -0.2) is 4.98 Å². The molecule has 2 aromatic rings. The van der Waals surface area contributed by atoms with Crippen molar-refractivity contribution < 1.29 is 4.42 Å². The number of oxazole rings is 1. The standard InChI is InChI=1S/C16H24N4O/c17-6-1-3-16-19-14-11-13(4-5-15(14)21-16)12-20-9-2-7-18-8-10-20/h4-5,11,18H,1-3,6-10,12,17H2. The normalized spacial score (nSPS) is 17.2. The van der Waals surface area contributed by atoms with Gasteiger partial charge in [0.25, 0.3) is 0 Å². The molecule has 2 heterocycles. The van der Waals surface area contributed by atoms with Gasteiger partial charge < -0.3 is 15.5 Å². The maximum absolute atomic E-state index is 5.74. The maximum atomic E-state index is 5.74. The summed E-state index contributed by atoms with van der Waals surface area (Å²) in [5.41, 5.74) is 8.68. The molecule has 5 heteroatoms. The van der Waals surface area contributed by atoms with Gasteiger partial charge in [0.05, 0.1) is 0 Å². The van der Waals surface area contributed by atoms with Crippen molar-refractivity contribution in [2.45, 2.75) is 25.8 Å². The quantitative estimate of drug-likeness (QED) is 0.873. The number of aromatic nitrogens is 1. The molecule has 21 heavy (non-hydrogen) atoms.